The van der Waals surface area contributed by atoms with Crippen LogP contribution in [-0.4, -0.2) is 67.4 Å². The van der Waals surface area contributed by atoms with Crippen LogP contribution in [0.15, 0.2) is 0 Å². The van der Waals surface area contributed by atoms with E-state index in [0.29, 0.717) is 32.7 Å². The summed E-state index contributed by atoms with van der Waals surface area (Å²) in [5, 5.41) is 11.1. The summed E-state index contributed by atoms with van der Waals surface area (Å²) in [5.74, 6) is -1.26. The number of carboxylic acids is 1. The summed E-state index contributed by atoms with van der Waals surface area (Å²) in [6.45, 7) is 1.44. The van der Waals surface area contributed by atoms with Crippen molar-refractivity contribution in [3.63, 3.8) is 0 Å². The Bertz CT molecular complexity index is 360. The minimum atomic E-state index is -0.885. The van der Waals surface area contributed by atoms with Gasteiger partial charge in [0.1, 0.15) is 0 Å². The molecule has 0 aromatic rings. The Kier molecular flexibility index (Phi) is 6.78. The van der Waals surface area contributed by atoms with Crippen LogP contribution in [0.25, 0.3) is 0 Å². The Balaban J connectivity index is 2.29. The van der Waals surface area contributed by atoms with Crippen molar-refractivity contribution in [2.75, 3.05) is 33.4 Å². The van der Waals surface area contributed by atoms with Crippen LogP contribution in [0, 0.1) is 0 Å². The number of ether oxygens (including phenoxy) is 2. The van der Waals surface area contributed by atoms with Crippen LogP contribution in [0.4, 0.5) is 4.79 Å². The molecule has 0 radical (unpaired) electrons. The van der Waals surface area contributed by atoms with Gasteiger partial charge in [-0.05, 0) is 6.42 Å². The van der Waals surface area contributed by atoms with E-state index in [2.05, 4.69) is 10.1 Å². The molecule has 0 aromatic carbocycles. The molecule has 20 heavy (non-hydrogen) atoms. The van der Waals surface area contributed by atoms with Gasteiger partial charge in [0.2, 0.25) is 0 Å². The molecular weight excluding hydrogens is 268 g/mol. The molecule has 0 aromatic heterocycles. The fraction of sp³-hybridized carbons (Fsp3) is 0.750. The molecule has 1 heterocycles. The zero-order chi connectivity index (χ0) is 15.0. The molecule has 1 aliphatic rings. The van der Waals surface area contributed by atoms with Gasteiger partial charge < -0.3 is 24.8 Å². The number of hydrogen-bond acceptors (Lipinski definition) is 5. The molecule has 1 aliphatic heterocycles. The van der Waals surface area contributed by atoms with Gasteiger partial charge in [-0.15, -0.1) is 0 Å². The fourth-order valence-electron chi connectivity index (χ4n) is 1.84. The van der Waals surface area contributed by atoms with E-state index in [1.54, 1.807) is 4.90 Å². The first-order chi connectivity index (χ1) is 9.52. The van der Waals surface area contributed by atoms with Crippen LogP contribution in [0.2, 0.25) is 0 Å². The normalized spacial score (nSPS) is 18.4. The van der Waals surface area contributed by atoms with Crippen LogP contribution < -0.4 is 5.32 Å². The molecule has 1 fully saturated rings. The molecule has 0 bridgehead atoms. The Morgan fingerprint density at radius 2 is 2.20 bits per heavy atom. The maximum atomic E-state index is 11.8. The standard InChI is InChI=1S/C12H20N2O6/c1-19-11(17)7-9-8-14(5-6-20-9)12(18)13-4-2-3-10(15)16/h9H,2-8H2,1H3,(H,13,18)(H,15,16). The number of morpholine rings is 1. The van der Waals surface area contributed by atoms with E-state index in [-0.39, 0.29) is 30.9 Å². The lowest BCUT2D eigenvalue weighted by molar-refractivity contribution is -0.145. The SMILES string of the molecule is COC(=O)CC1CN(C(=O)NCCCC(=O)O)CCO1. The number of carboxylic acid groups (broad SMARTS) is 1. The molecule has 8 heteroatoms. The van der Waals surface area contributed by atoms with Crippen molar-refractivity contribution in [2.45, 2.75) is 25.4 Å². The van der Waals surface area contributed by atoms with Gasteiger partial charge in [-0.25, -0.2) is 4.79 Å². The summed E-state index contributed by atoms with van der Waals surface area (Å²) in [4.78, 5) is 34.9. The van der Waals surface area contributed by atoms with Gasteiger partial charge in [0.15, 0.2) is 0 Å². The highest BCUT2D eigenvalue weighted by molar-refractivity contribution is 5.75. The number of esters is 1. The molecule has 2 N–H and O–H groups in total. The van der Waals surface area contributed by atoms with E-state index in [0.717, 1.165) is 0 Å². The van der Waals surface area contributed by atoms with Crippen molar-refractivity contribution in [1.82, 2.24) is 10.2 Å². The Morgan fingerprint density at radius 3 is 2.85 bits per heavy atom. The lowest BCUT2D eigenvalue weighted by Gasteiger charge is -2.32. The molecule has 0 saturated carbocycles. The molecule has 114 valence electrons. The topological polar surface area (TPSA) is 105 Å². The fourth-order valence-corrected chi connectivity index (χ4v) is 1.84. The van der Waals surface area contributed by atoms with E-state index < -0.39 is 5.97 Å². The van der Waals surface area contributed by atoms with Crippen LogP contribution in [0.3, 0.4) is 0 Å². The van der Waals surface area contributed by atoms with E-state index in [9.17, 15) is 14.4 Å². The number of carbonyl (C=O) groups excluding carboxylic acids is 2. The third kappa shape index (κ3) is 5.87. The molecule has 1 unspecified atom stereocenters. The minimum absolute atomic E-state index is 0.0222. The third-order valence-corrected chi connectivity index (χ3v) is 2.89. The average Bonchev–Trinajstić information content (AvgIpc) is 2.43. The predicted molar refractivity (Wildman–Crippen MR) is 68.2 cm³/mol. The average molecular weight is 288 g/mol. The van der Waals surface area contributed by atoms with Gasteiger partial charge in [0, 0.05) is 26.1 Å². The quantitative estimate of drug-likeness (QED) is 0.519. The van der Waals surface area contributed by atoms with Gasteiger partial charge in [-0.1, -0.05) is 0 Å². The number of carbonyl (C=O) groups is 3. The Morgan fingerprint density at radius 1 is 1.45 bits per heavy atom. The highest BCUT2D eigenvalue weighted by Crippen LogP contribution is 2.09. The van der Waals surface area contributed by atoms with Crippen molar-refractivity contribution >= 4 is 18.0 Å². The largest absolute Gasteiger partial charge is 0.481 e. The highest BCUT2D eigenvalue weighted by Gasteiger charge is 2.26. The van der Waals surface area contributed by atoms with E-state index >= 15 is 0 Å². The number of nitrogens with one attached hydrogen (secondary N) is 1. The summed E-state index contributed by atoms with van der Waals surface area (Å²) in [7, 11) is 1.30. The lowest BCUT2D eigenvalue weighted by atomic mass is 10.2. The molecule has 1 rings (SSSR count). The van der Waals surface area contributed by atoms with Gasteiger partial charge in [-0.2, -0.15) is 0 Å². The van der Waals surface area contributed by atoms with Gasteiger partial charge in [0.05, 0.1) is 26.2 Å². The number of methoxy groups -OCH3 is 1. The molecule has 1 atom stereocenters. The lowest BCUT2D eigenvalue weighted by Crippen LogP contribution is -2.50. The Hall–Kier alpha value is -1.83. The number of hydrogen-bond donors (Lipinski definition) is 2. The molecule has 2 amide bonds. The van der Waals surface area contributed by atoms with Crippen LogP contribution in [0.1, 0.15) is 19.3 Å². The third-order valence-electron chi connectivity index (χ3n) is 2.89. The minimum Gasteiger partial charge on any atom is -0.481 e. The highest BCUT2D eigenvalue weighted by atomic mass is 16.5. The zero-order valence-corrected chi connectivity index (χ0v) is 11.5. The summed E-state index contributed by atoms with van der Waals surface area (Å²) in [6, 6.07) is -0.270. The predicted octanol–water partition coefficient (Wildman–Crippen LogP) is -0.175. The second-order valence-electron chi connectivity index (χ2n) is 4.45. The van der Waals surface area contributed by atoms with Gasteiger partial charge in [-0.3, -0.25) is 9.59 Å². The van der Waals surface area contributed by atoms with Crippen molar-refractivity contribution in [2.24, 2.45) is 0 Å². The second kappa shape index (κ2) is 8.36. The molecule has 8 nitrogen and oxygen atoms in total. The first kappa shape index (κ1) is 16.2. The maximum absolute atomic E-state index is 11.8. The maximum Gasteiger partial charge on any atom is 0.317 e. The summed E-state index contributed by atoms with van der Waals surface area (Å²) in [6.07, 6.45) is 0.158. The summed E-state index contributed by atoms with van der Waals surface area (Å²) < 4.78 is 9.94. The van der Waals surface area contributed by atoms with Crippen molar-refractivity contribution in [1.29, 1.82) is 0 Å². The van der Waals surface area contributed by atoms with E-state index in [4.69, 9.17) is 9.84 Å². The van der Waals surface area contributed by atoms with Gasteiger partial charge >= 0.3 is 18.0 Å². The van der Waals surface area contributed by atoms with Crippen molar-refractivity contribution in [3.8, 4) is 0 Å². The van der Waals surface area contributed by atoms with Gasteiger partial charge in [0.25, 0.3) is 0 Å². The number of urea groups is 1. The molecule has 1 saturated heterocycles. The summed E-state index contributed by atoms with van der Waals surface area (Å²) in [5.41, 5.74) is 0. The monoisotopic (exact) mass is 288 g/mol. The number of amides is 2. The smallest absolute Gasteiger partial charge is 0.317 e. The van der Waals surface area contributed by atoms with Crippen molar-refractivity contribution < 1.29 is 29.0 Å². The van der Waals surface area contributed by atoms with Crippen molar-refractivity contribution in [3.05, 3.63) is 0 Å². The van der Waals surface area contributed by atoms with Crippen LogP contribution in [-0.2, 0) is 19.1 Å². The number of nitrogens with zero attached hydrogens (tertiary/aromatic N) is 1. The first-order valence-electron chi connectivity index (χ1n) is 6.46. The second-order valence-corrected chi connectivity index (χ2v) is 4.45. The van der Waals surface area contributed by atoms with E-state index in [1.165, 1.54) is 7.11 Å². The number of aliphatic carboxylic acids is 1. The molecular formula is C12H20N2O6. The zero-order valence-electron chi connectivity index (χ0n) is 11.5. The summed E-state index contributed by atoms with van der Waals surface area (Å²) >= 11 is 0. The van der Waals surface area contributed by atoms with Crippen LogP contribution >= 0.6 is 0 Å². The van der Waals surface area contributed by atoms with E-state index in [1.807, 2.05) is 0 Å². The Labute approximate surface area is 117 Å². The molecule has 0 aliphatic carbocycles. The number of rotatable bonds is 6. The molecule has 0 spiro atoms. The first-order valence-corrected chi connectivity index (χ1v) is 6.46. The van der Waals surface area contributed by atoms with Crippen LogP contribution in [0.5, 0.6) is 0 Å².